The molecule has 2 fully saturated rings. The fourth-order valence-corrected chi connectivity index (χ4v) is 4.54. The number of hydrogen-bond donors (Lipinski definition) is 1. The zero-order valence-corrected chi connectivity index (χ0v) is 12.2. The summed E-state index contributed by atoms with van der Waals surface area (Å²) in [5.74, 6) is 0.238. The molecule has 0 spiro atoms. The first-order valence-corrected chi connectivity index (χ1v) is 8.16. The van der Waals surface area contributed by atoms with Gasteiger partial charge in [0.1, 0.15) is 0 Å². The van der Waals surface area contributed by atoms with Gasteiger partial charge in [-0.3, -0.25) is 4.79 Å². The van der Waals surface area contributed by atoms with Crippen molar-refractivity contribution < 1.29 is 4.79 Å². The molecule has 0 saturated carbocycles. The van der Waals surface area contributed by atoms with Gasteiger partial charge in [-0.15, -0.1) is 11.3 Å². The van der Waals surface area contributed by atoms with Crippen molar-refractivity contribution in [3.05, 3.63) is 35.2 Å². The predicted molar refractivity (Wildman–Crippen MR) is 82.3 cm³/mol. The van der Waals surface area contributed by atoms with Gasteiger partial charge in [0.05, 0.1) is 4.88 Å². The molecule has 4 rings (SSSR count). The maximum absolute atomic E-state index is 12.9. The van der Waals surface area contributed by atoms with Crippen LogP contribution in [-0.4, -0.2) is 36.0 Å². The largest absolute Gasteiger partial charge is 0.331 e. The van der Waals surface area contributed by atoms with Gasteiger partial charge in [-0.1, -0.05) is 18.2 Å². The van der Waals surface area contributed by atoms with E-state index in [1.165, 1.54) is 16.5 Å². The predicted octanol–water partition coefficient (Wildman–Crippen LogP) is 2.87. The number of nitrogens with one attached hydrogen (secondary N) is 1. The average Bonchev–Trinajstić information content (AvgIpc) is 2.98. The molecule has 1 N–H and O–H groups in total. The Labute approximate surface area is 122 Å². The lowest BCUT2D eigenvalue weighted by atomic mass is 10.1. The third kappa shape index (κ3) is 1.95. The number of hydrogen-bond acceptors (Lipinski definition) is 3. The van der Waals surface area contributed by atoms with E-state index in [1.807, 2.05) is 12.1 Å². The van der Waals surface area contributed by atoms with Crippen LogP contribution in [0.4, 0.5) is 0 Å². The zero-order valence-electron chi connectivity index (χ0n) is 11.3. The van der Waals surface area contributed by atoms with E-state index >= 15 is 0 Å². The molecule has 1 aromatic carbocycles. The number of rotatable bonds is 1. The molecule has 2 unspecified atom stereocenters. The van der Waals surface area contributed by atoms with Crippen molar-refractivity contribution in [1.82, 2.24) is 10.2 Å². The lowest BCUT2D eigenvalue weighted by molar-refractivity contribution is 0.0685. The Balaban J connectivity index is 1.69. The Hall–Kier alpha value is -1.39. The fraction of sp³-hybridized carbons (Fsp3) is 0.438. The van der Waals surface area contributed by atoms with Gasteiger partial charge >= 0.3 is 0 Å². The minimum atomic E-state index is 0.238. The number of fused-ring (bicyclic) bond motifs is 3. The first-order chi connectivity index (χ1) is 9.83. The molecule has 20 heavy (non-hydrogen) atoms. The molecular weight excluding hydrogens is 268 g/mol. The summed E-state index contributed by atoms with van der Waals surface area (Å²) in [5.41, 5.74) is 0. The van der Waals surface area contributed by atoms with Gasteiger partial charge in [0.15, 0.2) is 0 Å². The van der Waals surface area contributed by atoms with Crippen molar-refractivity contribution in [2.24, 2.45) is 0 Å². The van der Waals surface area contributed by atoms with E-state index in [9.17, 15) is 4.79 Å². The third-order valence-electron chi connectivity index (χ3n) is 4.53. The second-order valence-corrected chi connectivity index (χ2v) is 6.82. The van der Waals surface area contributed by atoms with E-state index < -0.39 is 0 Å². The topological polar surface area (TPSA) is 32.3 Å². The lowest BCUT2D eigenvalue weighted by Crippen LogP contribution is -2.42. The maximum Gasteiger partial charge on any atom is 0.264 e. The standard InChI is InChI=1S/C16H18N2OS/c19-16(15-9-11-3-1-2-4-14(11)20-15)18-12-5-6-13(18)10-17-8-7-12/h1-4,9,12-13,17H,5-8,10H2. The minimum Gasteiger partial charge on any atom is -0.331 e. The molecule has 2 saturated heterocycles. The van der Waals surface area contributed by atoms with Gasteiger partial charge in [0, 0.05) is 23.3 Å². The molecule has 104 valence electrons. The molecule has 3 nitrogen and oxygen atoms in total. The molecule has 2 atom stereocenters. The molecule has 4 heteroatoms. The quantitative estimate of drug-likeness (QED) is 0.874. The van der Waals surface area contributed by atoms with Gasteiger partial charge in [0.2, 0.25) is 0 Å². The van der Waals surface area contributed by atoms with E-state index in [0.29, 0.717) is 12.1 Å². The highest BCUT2D eigenvalue weighted by atomic mass is 32.1. The normalized spacial score (nSPS) is 25.9. The number of thiophene rings is 1. The Bertz CT molecular complexity index is 604. The molecule has 2 bridgehead atoms. The van der Waals surface area contributed by atoms with E-state index in [-0.39, 0.29) is 5.91 Å². The number of carbonyl (C=O) groups excluding carboxylic acids is 1. The molecule has 0 radical (unpaired) electrons. The van der Waals surface area contributed by atoms with Crippen molar-refractivity contribution in [3.63, 3.8) is 0 Å². The smallest absolute Gasteiger partial charge is 0.264 e. The van der Waals surface area contributed by atoms with Gasteiger partial charge in [-0.2, -0.15) is 0 Å². The summed E-state index contributed by atoms with van der Waals surface area (Å²) >= 11 is 1.63. The Morgan fingerprint density at radius 1 is 1.20 bits per heavy atom. The van der Waals surface area contributed by atoms with Crippen LogP contribution in [0.2, 0.25) is 0 Å². The third-order valence-corrected chi connectivity index (χ3v) is 5.63. The Morgan fingerprint density at radius 2 is 2.05 bits per heavy atom. The average molecular weight is 286 g/mol. The van der Waals surface area contributed by atoms with Crippen molar-refractivity contribution in [2.75, 3.05) is 13.1 Å². The van der Waals surface area contributed by atoms with Crippen molar-refractivity contribution in [3.8, 4) is 0 Å². The van der Waals surface area contributed by atoms with Crippen LogP contribution in [0.1, 0.15) is 28.9 Å². The Morgan fingerprint density at radius 3 is 2.95 bits per heavy atom. The molecule has 3 heterocycles. The maximum atomic E-state index is 12.9. The zero-order chi connectivity index (χ0) is 13.5. The van der Waals surface area contributed by atoms with Crippen LogP contribution in [0.3, 0.4) is 0 Å². The number of benzene rings is 1. The van der Waals surface area contributed by atoms with E-state index in [0.717, 1.165) is 30.8 Å². The van der Waals surface area contributed by atoms with Crippen LogP contribution in [0.5, 0.6) is 0 Å². The summed E-state index contributed by atoms with van der Waals surface area (Å²) in [6, 6.07) is 11.1. The number of amides is 1. The second-order valence-electron chi connectivity index (χ2n) is 5.74. The summed E-state index contributed by atoms with van der Waals surface area (Å²) in [4.78, 5) is 15.9. The Kier molecular flexibility index (Phi) is 3.00. The van der Waals surface area contributed by atoms with Crippen LogP contribution >= 0.6 is 11.3 Å². The first-order valence-electron chi connectivity index (χ1n) is 7.35. The molecule has 1 amide bonds. The van der Waals surface area contributed by atoms with Crippen molar-refractivity contribution in [1.29, 1.82) is 0 Å². The van der Waals surface area contributed by atoms with Crippen LogP contribution in [-0.2, 0) is 0 Å². The summed E-state index contributed by atoms with van der Waals surface area (Å²) in [6.07, 6.45) is 3.41. The highest BCUT2D eigenvalue weighted by Crippen LogP contribution is 2.33. The molecule has 2 aliphatic rings. The van der Waals surface area contributed by atoms with Gasteiger partial charge in [-0.05, 0) is 43.3 Å². The summed E-state index contributed by atoms with van der Waals surface area (Å²) in [5, 5.41) is 4.63. The second kappa shape index (κ2) is 4.86. The van der Waals surface area contributed by atoms with E-state index in [2.05, 4.69) is 28.4 Å². The van der Waals surface area contributed by atoms with E-state index in [4.69, 9.17) is 0 Å². The fourth-order valence-electron chi connectivity index (χ4n) is 3.53. The SMILES string of the molecule is O=C(c1cc2ccccc2s1)N1C2CCNCC1CC2. The summed E-state index contributed by atoms with van der Waals surface area (Å²) < 4.78 is 1.20. The minimum absolute atomic E-state index is 0.238. The van der Waals surface area contributed by atoms with Crippen molar-refractivity contribution in [2.45, 2.75) is 31.3 Å². The lowest BCUT2D eigenvalue weighted by Gasteiger charge is -2.27. The highest BCUT2D eigenvalue weighted by Gasteiger charge is 2.38. The number of nitrogens with zero attached hydrogens (tertiary/aromatic N) is 1. The van der Waals surface area contributed by atoms with Crippen LogP contribution in [0, 0.1) is 0 Å². The van der Waals surface area contributed by atoms with Gasteiger partial charge in [0.25, 0.3) is 5.91 Å². The molecule has 2 aromatic rings. The molecule has 2 aliphatic heterocycles. The first kappa shape index (κ1) is 12.4. The van der Waals surface area contributed by atoms with E-state index in [1.54, 1.807) is 11.3 Å². The molecule has 1 aromatic heterocycles. The van der Waals surface area contributed by atoms with Crippen LogP contribution in [0.25, 0.3) is 10.1 Å². The highest BCUT2D eigenvalue weighted by molar-refractivity contribution is 7.20. The molecular formula is C16H18N2OS. The summed E-state index contributed by atoms with van der Waals surface area (Å²) in [6.45, 7) is 1.99. The molecule has 0 aliphatic carbocycles. The van der Waals surface area contributed by atoms with Crippen molar-refractivity contribution >= 4 is 27.3 Å². The van der Waals surface area contributed by atoms with Gasteiger partial charge < -0.3 is 10.2 Å². The van der Waals surface area contributed by atoms with Crippen LogP contribution < -0.4 is 5.32 Å². The monoisotopic (exact) mass is 286 g/mol. The van der Waals surface area contributed by atoms with Gasteiger partial charge in [-0.25, -0.2) is 0 Å². The summed E-state index contributed by atoms with van der Waals surface area (Å²) in [7, 11) is 0. The van der Waals surface area contributed by atoms with Crippen LogP contribution in [0.15, 0.2) is 30.3 Å². The number of carbonyl (C=O) groups is 1.